The molecule has 1 aliphatic rings. The van der Waals surface area contributed by atoms with Gasteiger partial charge in [0.15, 0.2) is 0 Å². The van der Waals surface area contributed by atoms with Gasteiger partial charge in [0.05, 0.1) is 11.4 Å². The van der Waals surface area contributed by atoms with E-state index in [1.54, 1.807) is 0 Å². The molecule has 1 aliphatic heterocycles. The largest absolute Gasteiger partial charge is 0.369 e. The van der Waals surface area contributed by atoms with Crippen LogP contribution in [0.4, 0.5) is 5.82 Å². The number of benzene rings is 2. The number of fused-ring (bicyclic) bond motifs is 1. The molecule has 0 unspecified atom stereocenters. The summed E-state index contributed by atoms with van der Waals surface area (Å²) in [6.07, 6.45) is 1.01. The quantitative estimate of drug-likeness (QED) is 0.735. The molecule has 0 saturated heterocycles. The van der Waals surface area contributed by atoms with Gasteiger partial charge in [-0.2, -0.15) is 5.10 Å². The van der Waals surface area contributed by atoms with E-state index in [1.165, 1.54) is 16.7 Å². The number of nitrogens with one attached hydrogen (secondary N) is 1. The van der Waals surface area contributed by atoms with E-state index in [4.69, 9.17) is 16.7 Å². The molecule has 0 fully saturated rings. The summed E-state index contributed by atoms with van der Waals surface area (Å²) in [5, 5.41) is 9.13. The van der Waals surface area contributed by atoms with E-state index in [0.717, 1.165) is 40.8 Å². The fourth-order valence-electron chi connectivity index (χ4n) is 3.15. The first kappa shape index (κ1) is 14.3. The van der Waals surface area contributed by atoms with Gasteiger partial charge >= 0.3 is 0 Å². The fourth-order valence-corrected chi connectivity index (χ4v) is 3.38. The van der Waals surface area contributed by atoms with Crippen molar-refractivity contribution < 1.29 is 0 Å². The van der Waals surface area contributed by atoms with Crippen LogP contribution in [-0.4, -0.2) is 16.3 Å². The van der Waals surface area contributed by atoms with Crippen LogP contribution in [0.15, 0.2) is 42.5 Å². The van der Waals surface area contributed by atoms with Gasteiger partial charge in [-0.3, -0.25) is 0 Å². The van der Waals surface area contributed by atoms with E-state index < -0.39 is 0 Å². The first-order valence-electron chi connectivity index (χ1n) is 7.83. The number of nitrogens with zero attached hydrogens (tertiary/aromatic N) is 2. The second-order valence-corrected chi connectivity index (χ2v) is 6.50. The second-order valence-electron chi connectivity index (χ2n) is 6.06. The molecule has 0 spiro atoms. The smallest absolute Gasteiger partial charge is 0.133 e. The third-order valence-electron chi connectivity index (χ3n) is 4.36. The first-order valence-corrected chi connectivity index (χ1v) is 8.20. The van der Waals surface area contributed by atoms with Crippen LogP contribution >= 0.6 is 11.6 Å². The van der Waals surface area contributed by atoms with Gasteiger partial charge in [-0.05, 0) is 44.0 Å². The van der Waals surface area contributed by atoms with Crippen LogP contribution in [0.5, 0.6) is 0 Å². The molecule has 1 N–H and O–H groups in total. The average molecular weight is 324 g/mol. The van der Waals surface area contributed by atoms with Crippen LogP contribution in [0.1, 0.15) is 16.7 Å². The van der Waals surface area contributed by atoms with Gasteiger partial charge in [-0.25, -0.2) is 4.68 Å². The highest BCUT2D eigenvalue weighted by atomic mass is 35.5. The fraction of sp³-hybridized carbons (Fsp3) is 0.211. The van der Waals surface area contributed by atoms with Gasteiger partial charge in [0.2, 0.25) is 0 Å². The molecule has 0 amide bonds. The molecule has 3 aromatic rings. The third kappa shape index (κ3) is 2.41. The molecular weight excluding hydrogens is 306 g/mol. The Bertz CT molecular complexity index is 878. The van der Waals surface area contributed by atoms with Gasteiger partial charge in [-0.1, -0.05) is 41.4 Å². The zero-order valence-electron chi connectivity index (χ0n) is 13.2. The third-order valence-corrected chi connectivity index (χ3v) is 4.60. The molecule has 4 rings (SSSR count). The average Bonchev–Trinajstić information content (AvgIpc) is 3.11. The van der Waals surface area contributed by atoms with Crippen molar-refractivity contribution in [3.8, 4) is 16.9 Å². The normalized spacial score (nSPS) is 13.0. The molecule has 3 nitrogen and oxygen atoms in total. The first-order chi connectivity index (χ1) is 11.1. The predicted octanol–water partition coefficient (Wildman–Crippen LogP) is 4.78. The molecule has 23 heavy (non-hydrogen) atoms. The molecule has 0 atom stereocenters. The SMILES string of the molecule is Cc1ccc(-c2nn(-c3ccc(Cl)cc3C)c3c2CCN3)cc1. The second kappa shape index (κ2) is 5.43. The van der Waals surface area contributed by atoms with Crippen molar-refractivity contribution in [2.75, 3.05) is 11.9 Å². The molecular formula is C19H18ClN3. The van der Waals surface area contributed by atoms with E-state index in [1.807, 2.05) is 22.9 Å². The lowest BCUT2D eigenvalue weighted by atomic mass is 10.1. The van der Waals surface area contributed by atoms with Gasteiger partial charge in [0.25, 0.3) is 0 Å². The molecule has 2 heterocycles. The monoisotopic (exact) mass is 323 g/mol. The molecule has 0 radical (unpaired) electrons. The van der Waals surface area contributed by atoms with Crippen LogP contribution in [-0.2, 0) is 6.42 Å². The minimum Gasteiger partial charge on any atom is -0.369 e. The van der Waals surface area contributed by atoms with Gasteiger partial charge < -0.3 is 5.32 Å². The van der Waals surface area contributed by atoms with Crippen molar-refractivity contribution in [2.24, 2.45) is 0 Å². The lowest BCUT2D eigenvalue weighted by Crippen LogP contribution is -2.05. The van der Waals surface area contributed by atoms with Crippen LogP contribution in [0.3, 0.4) is 0 Å². The zero-order chi connectivity index (χ0) is 16.0. The Labute approximate surface area is 140 Å². The summed E-state index contributed by atoms with van der Waals surface area (Å²) in [6, 6.07) is 14.5. The van der Waals surface area contributed by atoms with Crippen molar-refractivity contribution in [1.82, 2.24) is 9.78 Å². The number of aromatic nitrogens is 2. The maximum atomic E-state index is 6.09. The number of halogens is 1. The molecule has 116 valence electrons. The van der Waals surface area contributed by atoms with E-state index >= 15 is 0 Å². The van der Waals surface area contributed by atoms with E-state index in [2.05, 4.69) is 43.4 Å². The number of hydrogen-bond acceptors (Lipinski definition) is 2. The lowest BCUT2D eigenvalue weighted by Gasteiger charge is -2.09. The highest BCUT2D eigenvalue weighted by Gasteiger charge is 2.24. The molecule has 0 bridgehead atoms. The van der Waals surface area contributed by atoms with Crippen LogP contribution in [0.2, 0.25) is 5.02 Å². The number of aryl methyl sites for hydroxylation is 2. The molecule has 0 aliphatic carbocycles. The highest BCUT2D eigenvalue weighted by molar-refractivity contribution is 6.30. The zero-order valence-corrected chi connectivity index (χ0v) is 14.0. The Kier molecular flexibility index (Phi) is 3.38. The van der Waals surface area contributed by atoms with E-state index in [0.29, 0.717) is 0 Å². The summed E-state index contributed by atoms with van der Waals surface area (Å²) in [4.78, 5) is 0. The van der Waals surface area contributed by atoms with Crippen molar-refractivity contribution in [3.05, 3.63) is 64.2 Å². The molecule has 0 saturated carbocycles. The predicted molar refractivity (Wildman–Crippen MR) is 95.7 cm³/mol. The Morgan fingerprint density at radius 1 is 1.09 bits per heavy atom. The summed E-state index contributed by atoms with van der Waals surface area (Å²) in [7, 11) is 0. The van der Waals surface area contributed by atoms with E-state index in [-0.39, 0.29) is 0 Å². The Morgan fingerprint density at radius 2 is 1.87 bits per heavy atom. The highest BCUT2D eigenvalue weighted by Crippen LogP contribution is 2.35. The Balaban J connectivity index is 1.89. The summed E-state index contributed by atoms with van der Waals surface area (Å²) >= 11 is 6.09. The van der Waals surface area contributed by atoms with Gasteiger partial charge in [0, 0.05) is 22.7 Å². The van der Waals surface area contributed by atoms with Crippen LogP contribution in [0, 0.1) is 13.8 Å². The van der Waals surface area contributed by atoms with Gasteiger partial charge in [0.1, 0.15) is 5.82 Å². The van der Waals surface area contributed by atoms with Crippen molar-refractivity contribution in [1.29, 1.82) is 0 Å². The van der Waals surface area contributed by atoms with E-state index in [9.17, 15) is 0 Å². The Hall–Kier alpha value is -2.26. The molecule has 4 heteroatoms. The van der Waals surface area contributed by atoms with Crippen molar-refractivity contribution in [3.63, 3.8) is 0 Å². The molecule has 2 aromatic carbocycles. The Morgan fingerprint density at radius 3 is 2.61 bits per heavy atom. The lowest BCUT2D eigenvalue weighted by molar-refractivity contribution is 0.875. The standard InChI is InChI=1S/C19H18ClN3/c1-12-3-5-14(6-4-12)18-16-9-10-21-19(16)23(22-18)17-8-7-15(20)11-13(17)2/h3-8,11,21H,9-10H2,1-2H3. The summed E-state index contributed by atoms with van der Waals surface area (Å²) < 4.78 is 2.02. The molecule has 1 aromatic heterocycles. The maximum absolute atomic E-state index is 6.09. The van der Waals surface area contributed by atoms with Crippen molar-refractivity contribution in [2.45, 2.75) is 20.3 Å². The number of hydrogen-bond donors (Lipinski definition) is 1. The summed E-state index contributed by atoms with van der Waals surface area (Å²) in [5.41, 5.74) is 6.98. The summed E-state index contributed by atoms with van der Waals surface area (Å²) in [6.45, 7) is 5.12. The minimum absolute atomic E-state index is 0.752. The van der Waals surface area contributed by atoms with Crippen molar-refractivity contribution >= 4 is 17.4 Å². The van der Waals surface area contributed by atoms with Crippen LogP contribution in [0.25, 0.3) is 16.9 Å². The van der Waals surface area contributed by atoms with Gasteiger partial charge in [-0.15, -0.1) is 0 Å². The number of anilines is 1. The maximum Gasteiger partial charge on any atom is 0.133 e. The topological polar surface area (TPSA) is 29.9 Å². The number of rotatable bonds is 2. The summed E-state index contributed by atoms with van der Waals surface area (Å²) in [5.74, 6) is 1.10. The van der Waals surface area contributed by atoms with Crippen LogP contribution < -0.4 is 5.32 Å². The minimum atomic E-state index is 0.752.